The summed E-state index contributed by atoms with van der Waals surface area (Å²) in [4.78, 5) is 10.1. The van der Waals surface area contributed by atoms with Crippen molar-refractivity contribution >= 4 is 22.8 Å². The zero-order valence-electron chi connectivity index (χ0n) is 17.7. The van der Waals surface area contributed by atoms with Crippen LogP contribution in [0.1, 0.15) is 11.1 Å². The van der Waals surface area contributed by atoms with Gasteiger partial charge in [-0.05, 0) is 72.6 Å². The van der Waals surface area contributed by atoms with Crippen molar-refractivity contribution in [3.63, 3.8) is 0 Å². The molecule has 0 aliphatic carbocycles. The molecule has 0 radical (unpaired) electrons. The largest absolute Gasteiger partial charge is 0.508 e. The van der Waals surface area contributed by atoms with Gasteiger partial charge in [0.1, 0.15) is 34.4 Å². The molecule has 0 unspecified atom stereocenters. The van der Waals surface area contributed by atoms with Crippen molar-refractivity contribution < 1.29 is 13.9 Å². The molecule has 0 saturated carbocycles. The van der Waals surface area contributed by atoms with E-state index < -0.39 is 11.6 Å². The summed E-state index contributed by atoms with van der Waals surface area (Å²) in [5, 5.41) is 11.3. The average molecular weight is 460 g/mol. The number of aryl methyl sites for hydroxylation is 1. The minimum atomic E-state index is -0.627. The summed E-state index contributed by atoms with van der Waals surface area (Å²) in [6.07, 6.45) is 1.50. The van der Waals surface area contributed by atoms with Gasteiger partial charge in [0.15, 0.2) is 0 Å². The van der Waals surface area contributed by atoms with E-state index in [-0.39, 0.29) is 12.3 Å². The molecule has 2 aromatic heterocycles. The molecule has 2 heterocycles. The first-order valence-electron chi connectivity index (χ1n) is 10.3. The van der Waals surface area contributed by atoms with Gasteiger partial charge in [-0.3, -0.25) is 0 Å². The Hall–Kier alpha value is -3.71. The summed E-state index contributed by atoms with van der Waals surface area (Å²) in [5.41, 5.74) is 3.97. The molecule has 5 rings (SSSR count). The minimum Gasteiger partial charge on any atom is -0.508 e. The molecular weight excluding hydrogens is 440 g/mol. The number of benzene rings is 3. The highest BCUT2D eigenvalue weighted by Crippen LogP contribution is 2.36. The standard InChI is InChI=1S/C26H19F2N3OS/c1-16-2-8-22(9-3-16)33-26-23-13-24(18-4-6-21(32)7-5-18)31(25(23)29-15-30-26)14-17-10-19(27)12-20(28)11-17/h2-13,15,32H,14H2,1H3. The number of nitrogens with zero attached hydrogens (tertiary/aromatic N) is 3. The topological polar surface area (TPSA) is 50.9 Å². The van der Waals surface area contributed by atoms with Crippen LogP contribution < -0.4 is 0 Å². The van der Waals surface area contributed by atoms with Crippen LogP contribution in [0, 0.1) is 18.6 Å². The summed E-state index contributed by atoms with van der Waals surface area (Å²) in [6, 6.07) is 20.5. The van der Waals surface area contributed by atoms with E-state index in [1.54, 1.807) is 24.3 Å². The quantitative estimate of drug-likeness (QED) is 0.301. The van der Waals surface area contributed by atoms with Crippen LogP contribution in [0.3, 0.4) is 0 Å². The maximum absolute atomic E-state index is 13.9. The first kappa shape index (κ1) is 21.2. The normalized spacial score (nSPS) is 11.2. The Morgan fingerprint density at radius 3 is 2.27 bits per heavy atom. The molecule has 0 spiro atoms. The molecule has 164 valence electrons. The second-order valence-electron chi connectivity index (χ2n) is 7.77. The summed E-state index contributed by atoms with van der Waals surface area (Å²) >= 11 is 1.53. The van der Waals surface area contributed by atoms with Crippen LogP contribution in [-0.2, 0) is 6.54 Å². The van der Waals surface area contributed by atoms with E-state index in [0.29, 0.717) is 11.2 Å². The Kier molecular flexibility index (Phi) is 5.56. The highest BCUT2D eigenvalue weighted by Gasteiger charge is 2.17. The van der Waals surface area contributed by atoms with Gasteiger partial charge >= 0.3 is 0 Å². The first-order chi connectivity index (χ1) is 16.0. The van der Waals surface area contributed by atoms with E-state index >= 15 is 0 Å². The number of fused-ring (bicyclic) bond motifs is 1. The Morgan fingerprint density at radius 2 is 1.58 bits per heavy atom. The first-order valence-corrected chi connectivity index (χ1v) is 11.1. The fraction of sp³-hybridized carbons (Fsp3) is 0.0769. The SMILES string of the molecule is Cc1ccc(Sc2ncnc3c2cc(-c2ccc(O)cc2)n3Cc2cc(F)cc(F)c2)cc1. The molecule has 0 atom stereocenters. The highest BCUT2D eigenvalue weighted by atomic mass is 32.2. The van der Waals surface area contributed by atoms with E-state index in [0.717, 1.165) is 32.6 Å². The number of hydrogen-bond acceptors (Lipinski definition) is 4. The molecule has 5 aromatic rings. The van der Waals surface area contributed by atoms with Gasteiger partial charge in [-0.2, -0.15) is 0 Å². The third kappa shape index (κ3) is 4.45. The third-order valence-electron chi connectivity index (χ3n) is 5.32. The van der Waals surface area contributed by atoms with Crippen LogP contribution in [0.5, 0.6) is 5.75 Å². The molecule has 0 amide bonds. The van der Waals surface area contributed by atoms with Crippen LogP contribution >= 0.6 is 11.8 Å². The lowest BCUT2D eigenvalue weighted by atomic mass is 10.1. The molecule has 0 fully saturated rings. The Balaban J connectivity index is 1.66. The van der Waals surface area contributed by atoms with E-state index in [4.69, 9.17) is 0 Å². The molecule has 1 N–H and O–H groups in total. The van der Waals surface area contributed by atoms with Crippen molar-refractivity contribution in [2.75, 3.05) is 0 Å². The van der Waals surface area contributed by atoms with Crippen LogP contribution in [0.25, 0.3) is 22.3 Å². The molecule has 0 aliphatic rings. The zero-order chi connectivity index (χ0) is 22.9. The predicted octanol–water partition coefficient (Wildman–Crippen LogP) is 6.59. The van der Waals surface area contributed by atoms with Gasteiger partial charge in [-0.25, -0.2) is 18.7 Å². The maximum Gasteiger partial charge on any atom is 0.145 e. The average Bonchev–Trinajstić information content (AvgIpc) is 3.14. The van der Waals surface area contributed by atoms with E-state index in [9.17, 15) is 13.9 Å². The molecule has 4 nitrogen and oxygen atoms in total. The maximum atomic E-state index is 13.9. The van der Waals surface area contributed by atoms with Gasteiger partial charge in [0.25, 0.3) is 0 Å². The summed E-state index contributed by atoms with van der Waals surface area (Å²) in [5.74, 6) is -1.10. The lowest BCUT2D eigenvalue weighted by molar-refractivity contribution is 0.475. The van der Waals surface area contributed by atoms with Gasteiger partial charge in [0.2, 0.25) is 0 Å². The number of phenolic OH excluding ortho intramolecular Hbond substituents is 1. The van der Waals surface area contributed by atoms with Crippen molar-refractivity contribution in [1.29, 1.82) is 0 Å². The number of aromatic hydroxyl groups is 1. The second kappa shape index (κ2) is 8.67. The van der Waals surface area contributed by atoms with Crippen LogP contribution in [0.2, 0.25) is 0 Å². The highest BCUT2D eigenvalue weighted by molar-refractivity contribution is 7.99. The summed E-state index contributed by atoms with van der Waals surface area (Å²) in [7, 11) is 0. The van der Waals surface area contributed by atoms with Crippen molar-refractivity contribution in [2.24, 2.45) is 0 Å². The van der Waals surface area contributed by atoms with Crippen molar-refractivity contribution in [1.82, 2.24) is 14.5 Å². The monoisotopic (exact) mass is 459 g/mol. The van der Waals surface area contributed by atoms with Crippen molar-refractivity contribution in [2.45, 2.75) is 23.4 Å². The Bertz CT molecular complexity index is 1430. The molecule has 3 aromatic carbocycles. The second-order valence-corrected chi connectivity index (χ2v) is 8.83. The van der Waals surface area contributed by atoms with E-state index in [1.165, 1.54) is 35.8 Å². The van der Waals surface area contributed by atoms with Crippen LogP contribution in [-0.4, -0.2) is 19.6 Å². The van der Waals surface area contributed by atoms with Crippen molar-refractivity contribution in [3.8, 4) is 17.0 Å². The molecule has 0 saturated heterocycles. The molecular formula is C26H19F2N3OS. The Morgan fingerprint density at radius 1 is 0.879 bits per heavy atom. The van der Waals surface area contributed by atoms with Crippen molar-refractivity contribution in [3.05, 3.63) is 102 Å². The van der Waals surface area contributed by atoms with Gasteiger partial charge in [-0.1, -0.05) is 29.5 Å². The summed E-state index contributed by atoms with van der Waals surface area (Å²) < 4.78 is 29.6. The van der Waals surface area contributed by atoms with Gasteiger partial charge < -0.3 is 9.67 Å². The van der Waals surface area contributed by atoms with E-state index in [1.807, 2.05) is 41.8 Å². The van der Waals surface area contributed by atoms with E-state index in [2.05, 4.69) is 9.97 Å². The van der Waals surface area contributed by atoms with Gasteiger partial charge in [-0.15, -0.1) is 0 Å². The van der Waals surface area contributed by atoms with Crippen LogP contribution in [0.4, 0.5) is 8.78 Å². The van der Waals surface area contributed by atoms with Crippen LogP contribution in [0.15, 0.2) is 89.0 Å². The fourth-order valence-corrected chi connectivity index (χ4v) is 4.61. The number of hydrogen-bond donors (Lipinski definition) is 1. The smallest absolute Gasteiger partial charge is 0.145 e. The zero-order valence-corrected chi connectivity index (χ0v) is 18.5. The number of phenols is 1. The number of aromatic nitrogens is 3. The number of rotatable bonds is 5. The number of halogens is 2. The van der Waals surface area contributed by atoms with Gasteiger partial charge in [0, 0.05) is 17.5 Å². The predicted molar refractivity (Wildman–Crippen MR) is 125 cm³/mol. The lowest BCUT2D eigenvalue weighted by Crippen LogP contribution is -2.04. The summed E-state index contributed by atoms with van der Waals surface area (Å²) in [6.45, 7) is 2.26. The molecule has 0 aliphatic heterocycles. The Labute approximate surface area is 193 Å². The third-order valence-corrected chi connectivity index (χ3v) is 6.34. The van der Waals surface area contributed by atoms with Gasteiger partial charge in [0.05, 0.1) is 11.1 Å². The molecule has 7 heteroatoms. The lowest BCUT2D eigenvalue weighted by Gasteiger charge is -2.11. The fourth-order valence-electron chi connectivity index (χ4n) is 3.76. The minimum absolute atomic E-state index is 0.156. The molecule has 33 heavy (non-hydrogen) atoms. The molecule has 0 bridgehead atoms.